The second kappa shape index (κ2) is 9.99. The summed E-state index contributed by atoms with van der Waals surface area (Å²) in [6, 6.07) is 9.76. The van der Waals surface area contributed by atoms with Crippen molar-refractivity contribution in [1.82, 2.24) is 10.6 Å². The molecule has 0 saturated heterocycles. The molecule has 1 aliphatic carbocycles. The molecule has 0 atom stereocenters. The van der Waals surface area contributed by atoms with Gasteiger partial charge in [0.2, 0.25) is 11.8 Å². The molecule has 6 heteroatoms. The van der Waals surface area contributed by atoms with Gasteiger partial charge in [0.1, 0.15) is 0 Å². The summed E-state index contributed by atoms with van der Waals surface area (Å²) in [4.78, 5) is 23.1. The number of hydrogen-bond donors (Lipinski definition) is 2. The monoisotopic (exact) mass is 345 g/mol. The van der Waals surface area contributed by atoms with E-state index in [2.05, 4.69) is 16.7 Å². The van der Waals surface area contributed by atoms with Crippen LogP contribution in [0.25, 0.3) is 0 Å². The molecule has 2 rings (SSSR count). The molecule has 24 heavy (non-hydrogen) atoms. The summed E-state index contributed by atoms with van der Waals surface area (Å²) in [5.41, 5.74) is 1.74. The van der Waals surface area contributed by atoms with Gasteiger partial charge in [0.25, 0.3) is 0 Å². The highest BCUT2D eigenvalue weighted by atomic mass is 32.2. The highest BCUT2D eigenvalue weighted by molar-refractivity contribution is 7.98. The van der Waals surface area contributed by atoms with Crippen molar-refractivity contribution in [2.24, 2.45) is 5.92 Å². The number of nitriles is 1. The zero-order valence-electron chi connectivity index (χ0n) is 13.7. The Morgan fingerprint density at radius 1 is 1.21 bits per heavy atom. The third-order valence-electron chi connectivity index (χ3n) is 3.79. The number of thioether (sulfide) groups is 1. The first-order valence-electron chi connectivity index (χ1n) is 8.31. The van der Waals surface area contributed by atoms with Gasteiger partial charge in [-0.15, -0.1) is 0 Å². The van der Waals surface area contributed by atoms with Crippen molar-refractivity contribution < 1.29 is 9.59 Å². The molecule has 0 aliphatic heterocycles. The second-order valence-corrected chi connectivity index (χ2v) is 6.95. The first-order chi connectivity index (χ1) is 11.7. The maximum Gasteiger partial charge on any atom is 0.223 e. The smallest absolute Gasteiger partial charge is 0.223 e. The number of amides is 2. The molecule has 1 saturated carbocycles. The lowest BCUT2D eigenvalue weighted by Gasteiger charge is -2.07. The molecule has 2 N–H and O–H groups in total. The van der Waals surface area contributed by atoms with Crippen LogP contribution in [-0.2, 0) is 15.3 Å². The van der Waals surface area contributed by atoms with Crippen LogP contribution in [0, 0.1) is 17.2 Å². The quantitative estimate of drug-likeness (QED) is 0.637. The molecule has 0 aromatic heterocycles. The Hall–Kier alpha value is -2.00. The van der Waals surface area contributed by atoms with Gasteiger partial charge >= 0.3 is 0 Å². The number of hydrogen-bond acceptors (Lipinski definition) is 4. The van der Waals surface area contributed by atoms with Gasteiger partial charge in [0.05, 0.1) is 11.6 Å². The molecule has 128 valence electrons. The zero-order valence-corrected chi connectivity index (χ0v) is 14.5. The molecular weight excluding hydrogens is 322 g/mol. The van der Waals surface area contributed by atoms with E-state index in [1.165, 1.54) is 0 Å². The number of carbonyl (C=O) groups is 2. The highest BCUT2D eigenvalue weighted by Crippen LogP contribution is 2.28. The number of carbonyl (C=O) groups excluding carboxylic acids is 2. The Balaban J connectivity index is 1.48. The van der Waals surface area contributed by atoms with Crippen molar-refractivity contribution in [2.75, 3.05) is 18.8 Å². The molecule has 0 unspecified atom stereocenters. The van der Waals surface area contributed by atoms with Crippen LogP contribution in [0.5, 0.6) is 0 Å². The van der Waals surface area contributed by atoms with Crippen molar-refractivity contribution >= 4 is 23.6 Å². The maximum atomic E-state index is 11.7. The van der Waals surface area contributed by atoms with Crippen LogP contribution in [-0.4, -0.2) is 30.7 Å². The highest BCUT2D eigenvalue weighted by Gasteiger charge is 2.28. The van der Waals surface area contributed by atoms with Crippen LogP contribution >= 0.6 is 11.8 Å². The summed E-state index contributed by atoms with van der Waals surface area (Å²) in [6.45, 7) is 1.19. The minimum Gasteiger partial charge on any atom is -0.356 e. The molecular formula is C18H23N3O2S. The molecule has 1 aromatic carbocycles. The van der Waals surface area contributed by atoms with E-state index >= 15 is 0 Å². The lowest BCUT2D eigenvalue weighted by molar-refractivity contribution is -0.123. The number of nitrogens with one attached hydrogen (secondary N) is 2. The summed E-state index contributed by atoms with van der Waals surface area (Å²) < 4.78 is 0. The second-order valence-electron chi connectivity index (χ2n) is 5.84. The van der Waals surface area contributed by atoms with Gasteiger partial charge in [-0.05, 0) is 30.9 Å². The predicted octanol–water partition coefficient (Wildman–Crippen LogP) is 2.21. The van der Waals surface area contributed by atoms with Gasteiger partial charge in [-0.3, -0.25) is 9.59 Å². The topological polar surface area (TPSA) is 82.0 Å². The van der Waals surface area contributed by atoms with Crippen molar-refractivity contribution in [3.05, 3.63) is 35.4 Å². The van der Waals surface area contributed by atoms with Gasteiger partial charge in [-0.2, -0.15) is 17.0 Å². The normalized spacial score (nSPS) is 13.1. The van der Waals surface area contributed by atoms with Gasteiger partial charge in [-0.1, -0.05) is 18.2 Å². The summed E-state index contributed by atoms with van der Waals surface area (Å²) in [5.74, 6) is 1.96. The van der Waals surface area contributed by atoms with Gasteiger partial charge in [-0.25, -0.2) is 0 Å². The van der Waals surface area contributed by atoms with Crippen LogP contribution in [0.15, 0.2) is 24.3 Å². The fourth-order valence-electron chi connectivity index (χ4n) is 2.24. The zero-order chi connectivity index (χ0) is 17.2. The molecule has 0 bridgehead atoms. The summed E-state index contributed by atoms with van der Waals surface area (Å²) in [5, 5.41) is 14.8. The van der Waals surface area contributed by atoms with Crippen LogP contribution < -0.4 is 10.6 Å². The van der Waals surface area contributed by atoms with Crippen molar-refractivity contribution in [3.63, 3.8) is 0 Å². The van der Waals surface area contributed by atoms with Crippen LogP contribution in [0.1, 0.15) is 36.8 Å². The molecule has 1 aromatic rings. The standard InChI is InChI=1S/C18H23N3O2S/c19-12-15-4-1-2-5-16(15)13-24-11-10-20-17(22)6-3-9-21-18(23)14-7-8-14/h1-2,4-5,14H,3,6-11,13H2,(H,20,22)(H,21,23). The Morgan fingerprint density at radius 2 is 2.00 bits per heavy atom. The molecule has 0 radical (unpaired) electrons. The Bertz CT molecular complexity index is 609. The van der Waals surface area contributed by atoms with Crippen LogP contribution in [0.2, 0.25) is 0 Å². The molecule has 1 aliphatic rings. The molecule has 0 heterocycles. The minimum atomic E-state index is 0.0219. The third-order valence-corrected chi connectivity index (χ3v) is 4.80. The largest absolute Gasteiger partial charge is 0.356 e. The van der Waals surface area contributed by atoms with E-state index in [1.54, 1.807) is 11.8 Å². The van der Waals surface area contributed by atoms with Crippen molar-refractivity contribution in [3.8, 4) is 6.07 Å². The van der Waals surface area contributed by atoms with Gasteiger partial charge in [0, 0.05) is 36.9 Å². The molecule has 5 nitrogen and oxygen atoms in total. The number of nitrogens with zero attached hydrogens (tertiary/aromatic N) is 1. The third kappa shape index (κ3) is 6.63. The van der Waals surface area contributed by atoms with Gasteiger partial charge < -0.3 is 10.6 Å². The van der Waals surface area contributed by atoms with E-state index in [0.717, 1.165) is 29.9 Å². The van der Waals surface area contributed by atoms with E-state index in [1.807, 2.05) is 24.3 Å². The lowest BCUT2D eigenvalue weighted by atomic mass is 10.1. The summed E-state index contributed by atoms with van der Waals surface area (Å²) in [7, 11) is 0. The summed E-state index contributed by atoms with van der Waals surface area (Å²) in [6.07, 6.45) is 3.12. The fourth-order valence-corrected chi connectivity index (χ4v) is 3.10. The Labute approximate surface area is 147 Å². The molecule has 1 fully saturated rings. The van der Waals surface area contributed by atoms with Crippen molar-refractivity contribution in [2.45, 2.75) is 31.4 Å². The summed E-state index contributed by atoms with van der Waals surface area (Å²) >= 11 is 1.70. The fraction of sp³-hybridized carbons (Fsp3) is 0.500. The van der Waals surface area contributed by atoms with E-state index in [9.17, 15) is 9.59 Å². The van der Waals surface area contributed by atoms with E-state index < -0.39 is 0 Å². The first-order valence-corrected chi connectivity index (χ1v) is 9.46. The average Bonchev–Trinajstić information content (AvgIpc) is 3.43. The SMILES string of the molecule is N#Cc1ccccc1CSCCNC(=O)CCCNC(=O)C1CC1. The van der Waals surface area contributed by atoms with Gasteiger partial charge in [0.15, 0.2) is 0 Å². The Morgan fingerprint density at radius 3 is 2.75 bits per heavy atom. The van der Waals surface area contributed by atoms with E-state index in [-0.39, 0.29) is 17.7 Å². The minimum absolute atomic E-state index is 0.0219. The average molecular weight is 345 g/mol. The van der Waals surface area contributed by atoms with Crippen LogP contribution in [0.3, 0.4) is 0 Å². The molecule has 0 spiro atoms. The maximum absolute atomic E-state index is 11.7. The first kappa shape index (κ1) is 18.3. The van der Waals surface area contributed by atoms with E-state index in [4.69, 9.17) is 5.26 Å². The predicted molar refractivity (Wildman–Crippen MR) is 95.3 cm³/mol. The van der Waals surface area contributed by atoms with Crippen molar-refractivity contribution in [1.29, 1.82) is 5.26 Å². The lowest BCUT2D eigenvalue weighted by Crippen LogP contribution is -2.29. The van der Waals surface area contributed by atoms with Crippen LogP contribution in [0.4, 0.5) is 0 Å². The number of benzene rings is 1. The number of rotatable bonds is 10. The molecule has 2 amide bonds. The Kier molecular flexibility index (Phi) is 7.63. The van der Waals surface area contributed by atoms with E-state index in [0.29, 0.717) is 31.5 Å².